The summed E-state index contributed by atoms with van der Waals surface area (Å²) in [4.78, 5) is 13.6. The van der Waals surface area contributed by atoms with Crippen LogP contribution in [0.2, 0.25) is 0 Å². The zero-order valence-corrected chi connectivity index (χ0v) is 21.4. The highest BCUT2D eigenvalue weighted by molar-refractivity contribution is 7.93. The normalized spacial score (nSPS) is 15.1. The van der Waals surface area contributed by atoms with Gasteiger partial charge in [0.05, 0.1) is 21.6 Å². The van der Waals surface area contributed by atoms with E-state index in [2.05, 4.69) is 33.7 Å². The maximum Gasteiger partial charge on any atom is 0.223 e. The molecule has 0 saturated carbocycles. The summed E-state index contributed by atoms with van der Waals surface area (Å²) in [5, 5.41) is 6.57. The van der Waals surface area contributed by atoms with Crippen LogP contribution >= 0.6 is 0 Å². The van der Waals surface area contributed by atoms with Crippen LogP contribution in [0.25, 0.3) is 10.8 Å². The Morgan fingerprint density at radius 1 is 1.06 bits per heavy atom. The second-order valence-electron chi connectivity index (χ2n) is 9.30. The minimum Gasteiger partial charge on any atom is -0.472 e. The van der Waals surface area contributed by atoms with Gasteiger partial charge in [-0.25, -0.2) is 8.89 Å². The standard InChI is InChI=1S/C28H28BN3O3S/c1-19-23(12-13-25(29)26(19)31-36(34)14-6-3-7-15-36)27(33)24-17-30-32(2)28(24)35-18-20-10-11-21-8-4-5-9-22(21)16-20/h4-5,8-13,16-17H,3,6-7,14-15,18H2,1-2H3. The van der Waals surface area contributed by atoms with Gasteiger partial charge in [-0.2, -0.15) is 9.46 Å². The first-order valence-corrected chi connectivity index (χ1v) is 14.0. The van der Waals surface area contributed by atoms with Crippen molar-refractivity contribution in [3.05, 3.63) is 83.0 Å². The van der Waals surface area contributed by atoms with Gasteiger partial charge >= 0.3 is 0 Å². The summed E-state index contributed by atoms with van der Waals surface area (Å²) >= 11 is 0. The van der Waals surface area contributed by atoms with Crippen molar-refractivity contribution in [1.29, 1.82) is 0 Å². The minimum atomic E-state index is -2.36. The van der Waals surface area contributed by atoms with E-state index in [1.165, 1.54) is 6.20 Å². The first-order chi connectivity index (χ1) is 17.3. The number of hydrogen-bond donors (Lipinski definition) is 0. The molecule has 0 unspecified atom stereocenters. The molecule has 1 saturated heterocycles. The van der Waals surface area contributed by atoms with Gasteiger partial charge in [-0.3, -0.25) is 4.79 Å². The van der Waals surface area contributed by atoms with Gasteiger partial charge in [-0.15, -0.1) is 0 Å². The number of nitrogens with zero attached hydrogens (tertiary/aromatic N) is 3. The molecule has 2 heterocycles. The number of rotatable bonds is 6. The highest BCUT2D eigenvalue weighted by atomic mass is 32.2. The van der Waals surface area contributed by atoms with Crippen LogP contribution in [0.3, 0.4) is 0 Å². The molecule has 3 aromatic carbocycles. The Balaban J connectivity index is 1.44. The molecule has 1 fully saturated rings. The molecule has 0 amide bonds. The van der Waals surface area contributed by atoms with E-state index in [0.29, 0.717) is 51.8 Å². The third-order valence-electron chi connectivity index (χ3n) is 6.71. The molecule has 5 rings (SSSR count). The van der Waals surface area contributed by atoms with Crippen LogP contribution in [0.1, 0.15) is 46.3 Å². The number of aromatic nitrogens is 2. The largest absolute Gasteiger partial charge is 0.472 e. The molecule has 0 atom stereocenters. The number of carbonyl (C=O) groups is 1. The molecular formula is C28H28BN3O3S. The fraction of sp³-hybridized carbons (Fsp3) is 0.286. The SMILES string of the molecule is [B]c1ccc(C(=O)c2cnn(C)c2OCc2ccc3ccccc3c2)c(C)c1N=S1(=O)CCCCC1. The van der Waals surface area contributed by atoms with E-state index in [0.717, 1.165) is 35.6 Å². The molecule has 6 nitrogen and oxygen atoms in total. The van der Waals surface area contributed by atoms with Crippen molar-refractivity contribution in [3.8, 4) is 5.88 Å². The smallest absolute Gasteiger partial charge is 0.223 e. The van der Waals surface area contributed by atoms with Crippen molar-refractivity contribution in [2.75, 3.05) is 11.5 Å². The van der Waals surface area contributed by atoms with Crippen molar-refractivity contribution in [2.24, 2.45) is 11.4 Å². The maximum atomic E-state index is 13.6. The summed E-state index contributed by atoms with van der Waals surface area (Å²) in [7, 11) is 5.60. The third-order valence-corrected chi connectivity index (χ3v) is 9.08. The molecule has 1 aliphatic heterocycles. The number of ketones is 1. The minimum absolute atomic E-state index is 0.232. The third kappa shape index (κ3) is 4.82. The topological polar surface area (TPSA) is 73.6 Å². The average Bonchev–Trinajstić information content (AvgIpc) is 3.25. The predicted molar refractivity (Wildman–Crippen MR) is 145 cm³/mol. The lowest BCUT2D eigenvalue weighted by molar-refractivity contribution is 0.103. The Kier molecular flexibility index (Phi) is 6.71. The molecule has 1 aliphatic rings. The number of ether oxygens (including phenoxy) is 1. The molecule has 0 spiro atoms. The van der Waals surface area contributed by atoms with E-state index in [1.807, 2.05) is 18.2 Å². The zero-order valence-electron chi connectivity index (χ0n) is 20.6. The Hall–Kier alpha value is -3.39. The van der Waals surface area contributed by atoms with E-state index >= 15 is 0 Å². The van der Waals surface area contributed by atoms with Crippen LogP contribution in [-0.4, -0.2) is 39.1 Å². The highest BCUT2D eigenvalue weighted by Crippen LogP contribution is 2.29. The van der Waals surface area contributed by atoms with E-state index in [-0.39, 0.29) is 5.78 Å². The maximum absolute atomic E-state index is 13.6. The van der Waals surface area contributed by atoms with Crippen LogP contribution in [0.5, 0.6) is 5.88 Å². The van der Waals surface area contributed by atoms with Crippen LogP contribution in [0, 0.1) is 6.92 Å². The van der Waals surface area contributed by atoms with Crippen molar-refractivity contribution in [3.63, 3.8) is 0 Å². The van der Waals surface area contributed by atoms with Gasteiger partial charge in [0.25, 0.3) is 0 Å². The average molecular weight is 497 g/mol. The summed E-state index contributed by atoms with van der Waals surface area (Å²) in [5.74, 6) is 1.30. The fourth-order valence-corrected chi connectivity index (χ4v) is 6.93. The molecule has 36 heavy (non-hydrogen) atoms. The lowest BCUT2D eigenvalue weighted by Crippen LogP contribution is -2.18. The molecule has 0 aliphatic carbocycles. The summed E-state index contributed by atoms with van der Waals surface area (Å²) in [6, 6.07) is 17.7. The lowest BCUT2D eigenvalue weighted by Gasteiger charge is -2.18. The van der Waals surface area contributed by atoms with Crippen LogP contribution in [0.15, 0.2) is 65.2 Å². The van der Waals surface area contributed by atoms with Crippen molar-refractivity contribution in [1.82, 2.24) is 9.78 Å². The van der Waals surface area contributed by atoms with Gasteiger partial charge in [0, 0.05) is 24.1 Å². The van der Waals surface area contributed by atoms with Gasteiger partial charge in [-0.05, 0) is 47.7 Å². The lowest BCUT2D eigenvalue weighted by atomic mass is 9.88. The summed E-state index contributed by atoms with van der Waals surface area (Å²) in [5.41, 5.74) is 3.31. The number of fused-ring (bicyclic) bond motifs is 1. The number of carbonyl (C=O) groups excluding carboxylic acids is 1. The van der Waals surface area contributed by atoms with E-state index in [9.17, 15) is 9.00 Å². The highest BCUT2D eigenvalue weighted by Gasteiger charge is 2.23. The Morgan fingerprint density at radius 2 is 1.81 bits per heavy atom. The van der Waals surface area contributed by atoms with Gasteiger partial charge in [0.15, 0.2) is 5.78 Å². The molecule has 2 radical (unpaired) electrons. The number of aryl methyl sites for hydroxylation is 1. The Bertz CT molecular complexity index is 1570. The second kappa shape index (κ2) is 9.93. The molecule has 182 valence electrons. The monoisotopic (exact) mass is 497 g/mol. The molecular weight excluding hydrogens is 469 g/mol. The van der Waals surface area contributed by atoms with Crippen LogP contribution < -0.4 is 10.2 Å². The van der Waals surface area contributed by atoms with Gasteiger partial charge in [0.1, 0.15) is 20.0 Å². The second-order valence-corrected chi connectivity index (χ2v) is 11.8. The first-order valence-electron chi connectivity index (χ1n) is 12.1. The Morgan fingerprint density at radius 3 is 2.58 bits per heavy atom. The Labute approximate surface area is 213 Å². The van der Waals surface area contributed by atoms with Crippen molar-refractivity contribution in [2.45, 2.75) is 32.8 Å². The molecule has 1 aromatic heterocycles. The van der Waals surface area contributed by atoms with Crippen molar-refractivity contribution < 1.29 is 13.7 Å². The van der Waals surface area contributed by atoms with Gasteiger partial charge in [-0.1, -0.05) is 60.4 Å². The molecule has 4 aromatic rings. The van der Waals surface area contributed by atoms with E-state index in [4.69, 9.17) is 12.6 Å². The summed E-state index contributed by atoms with van der Waals surface area (Å²) in [6.07, 6.45) is 4.38. The zero-order chi connectivity index (χ0) is 25.3. The summed E-state index contributed by atoms with van der Waals surface area (Å²) < 4.78 is 25.5. The van der Waals surface area contributed by atoms with Crippen LogP contribution in [-0.2, 0) is 23.4 Å². The van der Waals surface area contributed by atoms with Gasteiger partial charge in [0.2, 0.25) is 5.88 Å². The molecule has 8 heteroatoms. The molecule has 0 N–H and O–H groups in total. The predicted octanol–water partition coefficient (Wildman–Crippen LogP) is 4.77. The van der Waals surface area contributed by atoms with Crippen LogP contribution in [0.4, 0.5) is 5.69 Å². The van der Waals surface area contributed by atoms with Gasteiger partial charge < -0.3 is 4.74 Å². The fourth-order valence-electron chi connectivity index (χ4n) is 4.66. The number of benzene rings is 3. The summed E-state index contributed by atoms with van der Waals surface area (Å²) in [6.45, 7) is 2.11. The van der Waals surface area contributed by atoms with Crippen molar-refractivity contribution >= 4 is 45.3 Å². The molecule has 0 bridgehead atoms. The quantitative estimate of drug-likeness (QED) is 0.284. The first kappa shape index (κ1) is 24.3. The number of hydrogen-bond acceptors (Lipinski definition) is 5. The van der Waals surface area contributed by atoms with E-state index < -0.39 is 9.73 Å². The van der Waals surface area contributed by atoms with E-state index in [1.54, 1.807) is 30.8 Å².